The Labute approximate surface area is 213 Å². The maximum absolute atomic E-state index is 13.8. The zero-order valence-corrected chi connectivity index (χ0v) is 20.6. The highest BCUT2D eigenvalue weighted by Crippen LogP contribution is 2.53. The van der Waals surface area contributed by atoms with Gasteiger partial charge in [-0.25, -0.2) is 0 Å². The van der Waals surface area contributed by atoms with Crippen molar-refractivity contribution >= 4 is 17.5 Å². The maximum Gasteiger partial charge on any atom is 0.255 e. The Morgan fingerprint density at radius 2 is 1.70 bits per heavy atom. The van der Waals surface area contributed by atoms with Gasteiger partial charge in [-0.15, -0.1) is 0 Å². The van der Waals surface area contributed by atoms with Crippen molar-refractivity contribution in [1.29, 1.82) is 0 Å². The molecule has 192 valence electrons. The lowest BCUT2D eigenvalue weighted by Crippen LogP contribution is -2.63. The summed E-state index contributed by atoms with van der Waals surface area (Å²) in [6, 6.07) is 9.85. The van der Waals surface area contributed by atoms with E-state index in [1.807, 2.05) is 31.2 Å². The molecule has 0 unspecified atom stereocenters. The molecule has 0 bridgehead atoms. The third-order valence-electron chi connectivity index (χ3n) is 7.97. The summed E-state index contributed by atoms with van der Waals surface area (Å²) in [5, 5.41) is 44.5. The number of aryl methyl sites for hydroxylation is 1. The fraction of sp³-hybridized carbons (Fsp3) is 0.321. The van der Waals surface area contributed by atoms with E-state index in [1.165, 1.54) is 11.0 Å². The van der Waals surface area contributed by atoms with E-state index in [-0.39, 0.29) is 29.7 Å². The molecule has 0 spiro atoms. The molecule has 0 heterocycles. The molecule has 37 heavy (non-hydrogen) atoms. The van der Waals surface area contributed by atoms with Gasteiger partial charge in [0.15, 0.2) is 11.4 Å². The van der Waals surface area contributed by atoms with Gasteiger partial charge in [0.2, 0.25) is 5.78 Å². The Morgan fingerprint density at radius 1 is 1.05 bits per heavy atom. The van der Waals surface area contributed by atoms with Crippen molar-refractivity contribution in [2.24, 2.45) is 17.6 Å². The molecule has 0 fully saturated rings. The quantitative estimate of drug-likeness (QED) is 0.397. The number of likely N-dealkylation sites (N-methyl/N-ethyl adjacent to an activating group) is 1. The van der Waals surface area contributed by atoms with Gasteiger partial charge in [-0.3, -0.25) is 19.3 Å². The number of nitrogens with zero attached hydrogens (tertiary/aromatic N) is 1. The summed E-state index contributed by atoms with van der Waals surface area (Å²) in [6.45, 7) is 1.96. The molecule has 0 saturated carbocycles. The zero-order valence-electron chi connectivity index (χ0n) is 20.6. The van der Waals surface area contributed by atoms with Crippen molar-refractivity contribution in [3.63, 3.8) is 0 Å². The number of nitrogens with two attached hydrogens (primary N) is 1. The number of allylic oxidation sites excluding steroid dienone is 1. The first-order valence-electron chi connectivity index (χ1n) is 12.0. The van der Waals surface area contributed by atoms with Gasteiger partial charge in [0.05, 0.1) is 11.6 Å². The maximum atomic E-state index is 13.8. The molecule has 1 amide bonds. The van der Waals surface area contributed by atoms with Crippen LogP contribution < -0.4 is 5.73 Å². The first-order valence-corrected chi connectivity index (χ1v) is 12.0. The highest BCUT2D eigenvalue weighted by atomic mass is 16.3. The average molecular weight is 505 g/mol. The Kier molecular flexibility index (Phi) is 5.54. The first-order chi connectivity index (χ1) is 17.4. The van der Waals surface area contributed by atoms with Crippen LogP contribution in [0.15, 0.2) is 59.1 Å². The number of aliphatic hydroxyl groups is 3. The van der Waals surface area contributed by atoms with Crippen LogP contribution in [-0.4, -0.2) is 68.5 Å². The number of rotatable bonds is 3. The molecule has 2 aromatic carbocycles. The van der Waals surface area contributed by atoms with Gasteiger partial charge < -0.3 is 26.2 Å². The molecule has 5 rings (SSSR count). The topological polar surface area (TPSA) is 161 Å². The van der Waals surface area contributed by atoms with Crippen LogP contribution in [-0.2, 0) is 16.0 Å². The molecule has 0 saturated heterocycles. The second kappa shape index (κ2) is 8.29. The number of Topliss-reactive ketones (excluding diaryl/α,β-unsaturated/α-hetero) is 2. The Bertz CT molecular complexity index is 1440. The Morgan fingerprint density at radius 3 is 2.30 bits per heavy atom. The third kappa shape index (κ3) is 3.34. The van der Waals surface area contributed by atoms with Crippen molar-refractivity contribution in [2.45, 2.75) is 31.4 Å². The number of aliphatic hydroxyl groups excluding tert-OH is 2. The van der Waals surface area contributed by atoms with Gasteiger partial charge >= 0.3 is 0 Å². The molecule has 6 N–H and O–H groups in total. The van der Waals surface area contributed by atoms with E-state index < -0.39 is 58.0 Å². The van der Waals surface area contributed by atoms with Gasteiger partial charge in [-0.2, -0.15) is 0 Å². The Hall–Kier alpha value is -3.95. The molecule has 0 aromatic heterocycles. The first kappa shape index (κ1) is 24.7. The van der Waals surface area contributed by atoms with Gasteiger partial charge in [0.25, 0.3) is 5.91 Å². The van der Waals surface area contributed by atoms with Gasteiger partial charge in [-0.1, -0.05) is 35.9 Å². The van der Waals surface area contributed by atoms with E-state index in [4.69, 9.17) is 5.73 Å². The minimum Gasteiger partial charge on any atom is -0.510 e. The molecule has 4 atom stereocenters. The van der Waals surface area contributed by atoms with E-state index in [1.54, 1.807) is 20.2 Å². The molecule has 2 aromatic rings. The van der Waals surface area contributed by atoms with Crippen molar-refractivity contribution in [1.82, 2.24) is 4.90 Å². The fourth-order valence-electron chi connectivity index (χ4n) is 6.25. The lowest BCUT2D eigenvalue weighted by atomic mass is 9.58. The number of phenols is 1. The highest BCUT2D eigenvalue weighted by Gasteiger charge is 2.63. The number of phenolic OH excluding ortho intramolecular Hbond substituents is 1. The van der Waals surface area contributed by atoms with Crippen molar-refractivity contribution in [2.75, 3.05) is 14.1 Å². The van der Waals surface area contributed by atoms with Crippen molar-refractivity contribution in [3.05, 3.63) is 75.8 Å². The molecule has 0 aliphatic heterocycles. The summed E-state index contributed by atoms with van der Waals surface area (Å²) in [7, 11) is 3.20. The summed E-state index contributed by atoms with van der Waals surface area (Å²) in [4.78, 5) is 40.7. The largest absolute Gasteiger partial charge is 0.510 e. The summed E-state index contributed by atoms with van der Waals surface area (Å²) < 4.78 is 0. The number of benzene rings is 2. The number of carbonyl (C=O) groups excluding carboxylic acids is 3. The standard InChI is InChI=1S/C28H28N2O7/c1-12-4-6-13(7-5-12)15-8-9-18(31)20-16(15)10-14-11-17-22(30(2)3)24(33)21(27(29)36)26(35)28(17,37)25(34)19(14)23(20)32/h4-9,14,17,22,31,33-34,37H,10-11H2,1-3H3,(H2,29,36)/t14-,17-,22-,28-/m1/s1. The van der Waals surface area contributed by atoms with E-state index in [2.05, 4.69) is 0 Å². The van der Waals surface area contributed by atoms with Crippen LogP contribution in [0.1, 0.15) is 27.9 Å². The molecular weight excluding hydrogens is 476 g/mol. The molecular formula is C28H28N2O7. The van der Waals surface area contributed by atoms with Crippen LogP contribution in [0.5, 0.6) is 5.75 Å². The van der Waals surface area contributed by atoms with Crippen LogP contribution >= 0.6 is 0 Å². The smallest absolute Gasteiger partial charge is 0.255 e. The van der Waals surface area contributed by atoms with Crippen LogP contribution in [0.4, 0.5) is 0 Å². The number of carbonyl (C=O) groups is 3. The van der Waals surface area contributed by atoms with E-state index >= 15 is 0 Å². The SMILES string of the molecule is Cc1ccc(-c2ccc(O)c3c2C[C@@H]2C[C@@H]4[C@@H](N(C)C)C(O)=C(C(N)=O)C(=O)[C@]4(O)C(O)=C2C3=O)cc1. The molecule has 3 aliphatic rings. The van der Waals surface area contributed by atoms with Crippen LogP contribution in [0.3, 0.4) is 0 Å². The summed E-state index contributed by atoms with van der Waals surface area (Å²) in [6.07, 6.45) is 0.293. The monoisotopic (exact) mass is 504 g/mol. The summed E-state index contributed by atoms with van der Waals surface area (Å²) in [5.74, 6) is -6.60. The predicted molar refractivity (Wildman–Crippen MR) is 134 cm³/mol. The van der Waals surface area contributed by atoms with Crippen molar-refractivity contribution < 1.29 is 34.8 Å². The highest BCUT2D eigenvalue weighted by molar-refractivity contribution is 6.24. The predicted octanol–water partition coefficient (Wildman–Crippen LogP) is 2.10. The van der Waals surface area contributed by atoms with E-state index in [0.29, 0.717) is 5.56 Å². The number of aromatic hydroxyl groups is 1. The molecule has 0 radical (unpaired) electrons. The average Bonchev–Trinajstić information content (AvgIpc) is 2.82. The van der Waals surface area contributed by atoms with Crippen molar-refractivity contribution in [3.8, 4) is 16.9 Å². The second-order valence-electron chi connectivity index (χ2n) is 10.3. The lowest BCUT2D eigenvalue weighted by molar-refractivity contribution is -0.148. The minimum atomic E-state index is -2.64. The molecule has 9 nitrogen and oxygen atoms in total. The number of fused-ring (bicyclic) bond motifs is 3. The number of primary amides is 1. The van der Waals surface area contributed by atoms with E-state index in [9.17, 15) is 34.8 Å². The second-order valence-corrected chi connectivity index (χ2v) is 10.3. The minimum absolute atomic E-state index is 0.00106. The molecule has 3 aliphatic carbocycles. The Balaban J connectivity index is 1.72. The number of hydrogen-bond acceptors (Lipinski definition) is 8. The zero-order chi connectivity index (χ0) is 27.0. The molecule has 9 heteroatoms. The lowest BCUT2D eigenvalue weighted by Gasteiger charge is -2.50. The number of amides is 1. The van der Waals surface area contributed by atoms with Crippen LogP contribution in [0.2, 0.25) is 0 Å². The van der Waals surface area contributed by atoms with Gasteiger partial charge in [-0.05, 0) is 62.5 Å². The van der Waals surface area contributed by atoms with E-state index in [0.717, 1.165) is 16.7 Å². The third-order valence-corrected chi connectivity index (χ3v) is 7.97. The van der Waals surface area contributed by atoms with Gasteiger partial charge in [0.1, 0.15) is 22.8 Å². The number of ketones is 2. The van der Waals surface area contributed by atoms with Gasteiger partial charge in [0, 0.05) is 11.5 Å². The summed E-state index contributed by atoms with van der Waals surface area (Å²) in [5.41, 5.74) is 4.99. The number of hydrogen-bond donors (Lipinski definition) is 5. The summed E-state index contributed by atoms with van der Waals surface area (Å²) >= 11 is 0. The normalized spacial score (nSPS) is 27.2. The van der Waals surface area contributed by atoms with Crippen LogP contribution in [0, 0.1) is 18.8 Å². The van der Waals surface area contributed by atoms with Crippen LogP contribution in [0.25, 0.3) is 11.1 Å². The fourth-order valence-corrected chi connectivity index (χ4v) is 6.25.